The van der Waals surface area contributed by atoms with E-state index in [1.807, 2.05) is 12.1 Å². The number of hydrogen-bond donors (Lipinski definition) is 1. The highest BCUT2D eigenvalue weighted by Crippen LogP contribution is 2.11. The van der Waals surface area contributed by atoms with Gasteiger partial charge < -0.3 is 5.32 Å². The summed E-state index contributed by atoms with van der Waals surface area (Å²) in [5.74, 6) is 0.847. The van der Waals surface area contributed by atoms with Gasteiger partial charge in [-0.2, -0.15) is 10.4 Å². The molecule has 0 atom stereocenters. The Morgan fingerprint density at radius 3 is 2.53 bits per heavy atom. The molecule has 0 saturated carbocycles. The lowest BCUT2D eigenvalue weighted by Crippen LogP contribution is -2.35. The molecule has 0 radical (unpaired) electrons. The Balaban J connectivity index is 2.21. The van der Waals surface area contributed by atoms with Gasteiger partial charge in [0.05, 0.1) is 23.9 Å². The first-order valence-electron chi connectivity index (χ1n) is 6.14. The molecule has 5 nitrogen and oxygen atoms in total. The largest absolute Gasteiger partial charge is 0.305 e. The van der Waals surface area contributed by atoms with Crippen molar-refractivity contribution in [1.29, 1.82) is 5.26 Å². The van der Waals surface area contributed by atoms with Crippen molar-refractivity contribution >= 4 is 0 Å². The van der Waals surface area contributed by atoms with Crippen molar-refractivity contribution in [3.05, 3.63) is 42.0 Å². The summed E-state index contributed by atoms with van der Waals surface area (Å²) in [6.07, 6.45) is 1.54. The van der Waals surface area contributed by atoms with E-state index in [4.69, 9.17) is 5.26 Å². The lowest BCUT2D eigenvalue weighted by molar-refractivity contribution is 0.415. The highest BCUT2D eigenvalue weighted by Gasteiger charge is 2.12. The molecular formula is C14H17N5. The van der Waals surface area contributed by atoms with Crippen LogP contribution in [0.15, 0.2) is 30.6 Å². The van der Waals surface area contributed by atoms with Crippen LogP contribution in [0.25, 0.3) is 5.69 Å². The Morgan fingerprint density at radius 1 is 1.26 bits per heavy atom. The summed E-state index contributed by atoms with van der Waals surface area (Å²) in [4.78, 5) is 4.26. The van der Waals surface area contributed by atoms with E-state index in [0.717, 1.165) is 11.5 Å². The summed E-state index contributed by atoms with van der Waals surface area (Å²) in [6, 6.07) is 9.39. The van der Waals surface area contributed by atoms with Crippen LogP contribution < -0.4 is 5.32 Å². The third kappa shape index (κ3) is 3.39. The highest BCUT2D eigenvalue weighted by atomic mass is 15.3. The molecule has 0 spiro atoms. The van der Waals surface area contributed by atoms with Crippen molar-refractivity contribution in [1.82, 2.24) is 20.1 Å². The molecular weight excluding hydrogens is 238 g/mol. The molecule has 0 aliphatic rings. The fourth-order valence-electron chi connectivity index (χ4n) is 1.62. The smallest absolute Gasteiger partial charge is 0.146 e. The van der Waals surface area contributed by atoms with Crippen LogP contribution in [0.2, 0.25) is 0 Å². The summed E-state index contributed by atoms with van der Waals surface area (Å²) < 4.78 is 1.78. The van der Waals surface area contributed by atoms with E-state index in [9.17, 15) is 0 Å². The molecule has 0 aliphatic heterocycles. The standard InChI is InChI=1S/C14H17N5/c1-14(2,3)17-9-13-16-10-18-19(13)12-6-4-11(8-15)5-7-12/h4-7,10,17H,9H2,1-3H3. The van der Waals surface area contributed by atoms with E-state index >= 15 is 0 Å². The van der Waals surface area contributed by atoms with Crippen LogP contribution in [0.4, 0.5) is 0 Å². The highest BCUT2D eigenvalue weighted by molar-refractivity contribution is 5.39. The van der Waals surface area contributed by atoms with Crippen LogP contribution in [-0.2, 0) is 6.54 Å². The molecule has 1 heterocycles. The molecule has 0 aliphatic carbocycles. The molecule has 1 aromatic heterocycles. The van der Waals surface area contributed by atoms with E-state index in [0.29, 0.717) is 12.1 Å². The van der Waals surface area contributed by atoms with Gasteiger partial charge in [-0.1, -0.05) is 0 Å². The lowest BCUT2D eigenvalue weighted by atomic mass is 10.1. The first-order valence-corrected chi connectivity index (χ1v) is 6.14. The minimum atomic E-state index is 0.0292. The number of nitriles is 1. The van der Waals surface area contributed by atoms with E-state index in [1.165, 1.54) is 6.33 Å². The van der Waals surface area contributed by atoms with Crippen LogP contribution in [-0.4, -0.2) is 20.3 Å². The van der Waals surface area contributed by atoms with Crippen LogP contribution in [0.3, 0.4) is 0 Å². The van der Waals surface area contributed by atoms with Crippen molar-refractivity contribution in [2.24, 2.45) is 0 Å². The molecule has 1 N–H and O–H groups in total. The average molecular weight is 255 g/mol. The van der Waals surface area contributed by atoms with Crippen molar-refractivity contribution in [3.8, 4) is 11.8 Å². The van der Waals surface area contributed by atoms with Crippen molar-refractivity contribution in [2.75, 3.05) is 0 Å². The van der Waals surface area contributed by atoms with Gasteiger partial charge in [0.15, 0.2) is 0 Å². The summed E-state index contributed by atoms with van der Waals surface area (Å²) in [5, 5.41) is 16.4. The van der Waals surface area contributed by atoms with E-state index in [1.54, 1.807) is 16.8 Å². The quantitative estimate of drug-likeness (QED) is 0.911. The van der Waals surface area contributed by atoms with Gasteiger partial charge in [0.25, 0.3) is 0 Å². The second-order valence-corrected chi connectivity index (χ2v) is 5.35. The number of nitrogens with one attached hydrogen (secondary N) is 1. The summed E-state index contributed by atoms with van der Waals surface area (Å²) in [6.45, 7) is 6.96. The zero-order chi connectivity index (χ0) is 13.9. The van der Waals surface area contributed by atoms with Gasteiger partial charge in [-0.3, -0.25) is 0 Å². The van der Waals surface area contributed by atoms with Gasteiger partial charge >= 0.3 is 0 Å². The second-order valence-electron chi connectivity index (χ2n) is 5.35. The maximum absolute atomic E-state index is 8.79. The summed E-state index contributed by atoms with van der Waals surface area (Å²) >= 11 is 0. The third-order valence-corrected chi connectivity index (χ3v) is 2.64. The van der Waals surface area contributed by atoms with Gasteiger partial charge in [-0.05, 0) is 45.0 Å². The Labute approximate surface area is 112 Å². The molecule has 0 unspecified atom stereocenters. The first kappa shape index (κ1) is 13.2. The van der Waals surface area contributed by atoms with Gasteiger partial charge in [0, 0.05) is 5.54 Å². The Hall–Kier alpha value is -2.19. The minimum absolute atomic E-state index is 0.0292. The van der Waals surface area contributed by atoms with Crippen LogP contribution in [0, 0.1) is 11.3 Å². The Bertz CT molecular complexity index is 584. The molecule has 2 rings (SSSR count). The van der Waals surface area contributed by atoms with Crippen molar-refractivity contribution in [3.63, 3.8) is 0 Å². The number of hydrogen-bond acceptors (Lipinski definition) is 4. The SMILES string of the molecule is CC(C)(C)NCc1ncnn1-c1ccc(C#N)cc1. The minimum Gasteiger partial charge on any atom is -0.305 e. The molecule has 0 amide bonds. The maximum Gasteiger partial charge on any atom is 0.146 e. The Kier molecular flexibility index (Phi) is 3.63. The van der Waals surface area contributed by atoms with E-state index in [2.05, 4.69) is 42.2 Å². The molecule has 0 fully saturated rings. The zero-order valence-corrected chi connectivity index (χ0v) is 11.4. The summed E-state index contributed by atoms with van der Waals surface area (Å²) in [5.41, 5.74) is 1.57. The van der Waals surface area contributed by atoms with Gasteiger partial charge in [0.2, 0.25) is 0 Å². The molecule has 1 aromatic carbocycles. The molecule has 5 heteroatoms. The molecule has 19 heavy (non-hydrogen) atoms. The van der Waals surface area contributed by atoms with Crippen LogP contribution in [0.1, 0.15) is 32.2 Å². The normalized spacial score (nSPS) is 11.3. The number of rotatable bonds is 3. The van der Waals surface area contributed by atoms with E-state index in [-0.39, 0.29) is 5.54 Å². The van der Waals surface area contributed by atoms with Crippen LogP contribution >= 0.6 is 0 Å². The maximum atomic E-state index is 8.79. The fourth-order valence-corrected chi connectivity index (χ4v) is 1.62. The number of aromatic nitrogens is 3. The Morgan fingerprint density at radius 2 is 1.95 bits per heavy atom. The molecule has 0 saturated heterocycles. The molecule has 2 aromatic rings. The number of nitrogens with zero attached hydrogens (tertiary/aromatic N) is 4. The third-order valence-electron chi connectivity index (χ3n) is 2.64. The predicted octanol–water partition coefficient (Wildman–Crippen LogP) is 2.03. The molecule has 0 bridgehead atoms. The summed E-state index contributed by atoms with van der Waals surface area (Å²) in [7, 11) is 0. The second kappa shape index (κ2) is 5.21. The monoisotopic (exact) mass is 255 g/mol. The predicted molar refractivity (Wildman–Crippen MR) is 72.7 cm³/mol. The number of benzene rings is 1. The average Bonchev–Trinajstić information content (AvgIpc) is 2.84. The van der Waals surface area contributed by atoms with Gasteiger partial charge in [-0.15, -0.1) is 0 Å². The first-order chi connectivity index (χ1) is 8.99. The van der Waals surface area contributed by atoms with E-state index < -0.39 is 0 Å². The fraction of sp³-hybridized carbons (Fsp3) is 0.357. The van der Waals surface area contributed by atoms with Crippen molar-refractivity contribution < 1.29 is 0 Å². The molecule has 98 valence electrons. The topological polar surface area (TPSA) is 66.5 Å². The van der Waals surface area contributed by atoms with Gasteiger partial charge in [0.1, 0.15) is 12.2 Å². The van der Waals surface area contributed by atoms with Gasteiger partial charge in [-0.25, -0.2) is 9.67 Å². The zero-order valence-electron chi connectivity index (χ0n) is 11.4. The lowest BCUT2D eigenvalue weighted by Gasteiger charge is -2.20. The van der Waals surface area contributed by atoms with Crippen molar-refractivity contribution in [2.45, 2.75) is 32.9 Å². The van der Waals surface area contributed by atoms with Crippen LogP contribution in [0.5, 0.6) is 0 Å².